The first kappa shape index (κ1) is 15.3. The second kappa shape index (κ2) is 6.56. The lowest BCUT2D eigenvalue weighted by Crippen LogP contribution is -2.13. The monoisotopic (exact) mass is 513 g/mol. The van der Waals surface area contributed by atoms with Crippen LogP contribution in [0.4, 0.5) is 5.69 Å². The molecule has 0 spiro atoms. The highest BCUT2D eigenvalue weighted by atomic mass is 127. The maximum absolute atomic E-state index is 12.2. The Balaban J connectivity index is 2.31. The molecule has 0 aliphatic rings. The van der Waals surface area contributed by atoms with Crippen molar-refractivity contribution in [2.24, 2.45) is 0 Å². The maximum Gasteiger partial charge on any atom is 0.256 e. The Hall–Kier alpha value is -0.110. The summed E-state index contributed by atoms with van der Waals surface area (Å²) in [6.07, 6.45) is 0. The van der Waals surface area contributed by atoms with Gasteiger partial charge in [0.25, 0.3) is 5.91 Å². The lowest BCUT2D eigenvalue weighted by molar-refractivity contribution is 0.102. The van der Waals surface area contributed by atoms with Crippen LogP contribution in [0.15, 0.2) is 45.3 Å². The average molecular weight is 515 g/mol. The van der Waals surface area contributed by atoms with Gasteiger partial charge in [0, 0.05) is 8.04 Å². The Kier molecular flexibility index (Phi) is 5.28. The van der Waals surface area contributed by atoms with Crippen LogP contribution in [0, 0.1) is 3.57 Å². The molecule has 2 aromatic carbocycles. The van der Waals surface area contributed by atoms with Crippen LogP contribution in [-0.4, -0.2) is 5.91 Å². The van der Waals surface area contributed by atoms with Crippen LogP contribution in [0.5, 0.6) is 0 Å². The van der Waals surface area contributed by atoms with E-state index in [4.69, 9.17) is 11.6 Å². The first-order valence-electron chi connectivity index (χ1n) is 5.19. The predicted molar refractivity (Wildman–Crippen MR) is 94.0 cm³/mol. The van der Waals surface area contributed by atoms with Gasteiger partial charge in [-0.05, 0) is 68.9 Å². The van der Waals surface area contributed by atoms with E-state index in [1.165, 1.54) is 0 Å². The van der Waals surface area contributed by atoms with Gasteiger partial charge in [-0.25, -0.2) is 0 Å². The van der Waals surface area contributed by atoms with Crippen molar-refractivity contribution in [2.45, 2.75) is 0 Å². The Morgan fingerprint density at radius 3 is 2.68 bits per heavy atom. The molecule has 0 saturated heterocycles. The smallest absolute Gasteiger partial charge is 0.256 e. The molecule has 0 unspecified atom stereocenters. The number of anilines is 1. The molecule has 2 aromatic rings. The summed E-state index contributed by atoms with van der Waals surface area (Å²) in [6.45, 7) is 0. The number of hydrogen-bond acceptors (Lipinski definition) is 1. The summed E-state index contributed by atoms with van der Waals surface area (Å²) >= 11 is 14.8. The van der Waals surface area contributed by atoms with Crippen molar-refractivity contribution in [3.8, 4) is 0 Å². The van der Waals surface area contributed by atoms with Crippen LogP contribution in [0.1, 0.15) is 10.4 Å². The molecule has 0 aromatic heterocycles. The van der Waals surface area contributed by atoms with Crippen molar-refractivity contribution in [2.75, 3.05) is 5.32 Å². The molecule has 2 nitrogen and oxygen atoms in total. The molecule has 0 bridgehead atoms. The molecule has 19 heavy (non-hydrogen) atoms. The van der Waals surface area contributed by atoms with Crippen LogP contribution >= 0.6 is 66.1 Å². The second-order valence-corrected chi connectivity index (χ2v) is 6.96. The van der Waals surface area contributed by atoms with Crippen LogP contribution in [0.2, 0.25) is 5.02 Å². The van der Waals surface area contributed by atoms with E-state index in [2.05, 4.69) is 59.8 Å². The van der Waals surface area contributed by atoms with E-state index in [9.17, 15) is 4.79 Å². The minimum Gasteiger partial charge on any atom is -0.321 e. The maximum atomic E-state index is 12.2. The number of hydrogen-bond donors (Lipinski definition) is 1. The average Bonchev–Trinajstić information content (AvgIpc) is 2.38. The van der Waals surface area contributed by atoms with Gasteiger partial charge in [-0.1, -0.05) is 33.6 Å². The van der Waals surface area contributed by atoms with Crippen LogP contribution < -0.4 is 5.32 Å². The van der Waals surface area contributed by atoms with Crippen LogP contribution in [-0.2, 0) is 0 Å². The number of carbonyl (C=O) groups excluding carboxylic acids is 1. The normalized spacial score (nSPS) is 10.3. The van der Waals surface area contributed by atoms with E-state index < -0.39 is 0 Å². The standard InChI is InChI=1S/C13H7Br2ClINO/c14-7-4-5-10(17)8(6-7)13(19)18-11-3-1-2-9(16)12(11)15/h1-6H,(H,18,19). The van der Waals surface area contributed by atoms with Gasteiger partial charge in [-0.15, -0.1) is 0 Å². The van der Waals surface area contributed by atoms with Gasteiger partial charge in [-0.2, -0.15) is 0 Å². The summed E-state index contributed by atoms with van der Waals surface area (Å²) in [7, 11) is 0. The Bertz CT molecular complexity index is 649. The van der Waals surface area contributed by atoms with Gasteiger partial charge in [0.1, 0.15) is 0 Å². The number of halogens is 4. The topological polar surface area (TPSA) is 29.1 Å². The molecule has 1 N–H and O–H groups in total. The zero-order valence-electron chi connectivity index (χ0n) is 9.38. The zero-order chi connectivity index (χ0) is 14.0. The number of carbonyl (C=O) groups is 1. The molecule has 0 saturated carbocycles. The van der Waals surface area contributed by atoms with Crippen LogP contribution in [0.3, 0.4) is 0 Å². The second-order valence-electron chi connectivity index (χ2n) is 3.68. The molecule has 98 valence electrons. The fourth-order valence-corrected chi connectivity index (χ4v) is 2.94. The molecule has 0 aliphatic heterocycles. The van der Waals surface area contributed by atoms with E-state index in [-0.39, 0.29) is 5.91 Å². The Morgan fingerprint density at radius 2 is 1.95 bits per heavy atom. The fourth-order valence-electron chi connectivity index (χ4n) is 1.46. The molecule has 6 heteroatoms. The highest BCUT2D eigenvalue weighted by Gasteiger charge is 2.13. The van der Waals surface area contributed by atoms with E-state index in [0.29, 0.717) is 20.7 Å². The van der Waals surface area contributed by atoms with Crippen LogP contribution in [0.25, 0.3) is 0 Å². The molecule has 2 rings (SSSR count). The van der Waals surface area contributed by atoms with Gasteiger partial charge < -0.3 is 5.32 Å². The summed E-state index contributed by atoms with van der Waals surface area (Å²) in [4.78, 5) is 12.2. The third kappa shape index (κ3) is 3.71. The quantitative estimate of drug-likeness (QED) is 0.510. The molecule has 0 atom stereocenters. The summed E-state index contributed by atoms with van der Waals surface area (Å²) in [5.41, 5.74) is 1.26. The molecule has 0 aliphatic carbocycles. The minimum absolute atomic E-state index is 0.173. The third-order valence-electron chi connectivity index (χ3n) is 2.37. The lowest BCUT2D eigenvalue weighted by Gasteiger charge is -2.10. The lowest BCUT2D eigenvalue weighted by atomic mass is 10.2. The van der Waals surface area contributed by atoms with Gasteiger partial charge in [0.15, 0.2) is 0 Å². The van der Waals surface area contributed by atoms with Gasteiger partial charge in [0.2, 0.25) is 0 Å². The number of nitrogens with one attached hydrogen (secondary N) is 1. The van der Waals surface area contributed by atoms with Gasteiger partial charge in [0.05, 0.1) is 20.7 Å². The highest BCUT2D eigenvalue weighted by Crippen LogP contribution is 2.30. The zero-order valence-corrected chi connectivity index (χ0v) is 15.5. The van der Waals surface area contributed by atoms with E-state index in [0.717, 1.165) is 8.04 Å². The Morgan fingerprint density at radius 1 is 1.21 bits per heavy atom. The SMILES string of the molecule is O=C(Nc1cccc(Cl)c1Br)c1cc(Br)ccc1I. The molecular weight excluding hydrogens is 508 g/mol. The van der Waals surface area contributed by atoms with E-state index in [1.54, 1.807) is 24.3 Å². The molecular formula is C13H7Br2ClINO. The summed E-state index contributed by atoms with van der Waals surface area (Å²) in [5, 5.41) is 3.40. The highest BCUT2D eigenvalue weighted by molar-refractivity contribution is 14.1. The number of rotatable bonds is 2. The first-order chi connectivity index (χ1) is 8.99. The minimum atomic E-state index is -0.173. The van der Waals surface area contributed by atoms with Gasteiger partial charge in [-0.3, -0.25) is 4.79 Å². The number of benzene rings is 2. The fraction of sp³-hybridized carbons (Fsp3) is 0. The molecule has 0 radical (unpaired) electrons. The van der Waals surface area contributed by atoms with E-state index in [1.807, 2.05) is 12.1 Å². The van der Waals surface area contributed by atoms with Crippen molar-refractivity contribution < 1.29 is 4.79 Å². The van der Waals surface area contributed by atoms with Crippen molar-refractivity contribution >= 4 is 77.6 Å². The molecule has 1 amide bonds. The number of amides is 1. The largest absolute Gasteiger partial charge is 0.321 e. The molecule has 0 fully saturated rings. The van der Waals surface area contributed by atoms with Crippen molar-refractivity contribution in [1.29, 1.82) is 0 Å². The predicted octanol–water partition coefficient (Wildman–Crippen LogP) is 5.72. The van der Waals surface area contributed by atoms with E-state index >= 15 is 0 Å². The summed E-state index contributed by atoms with van der Waals surface area (Å²) in [6, 6.07) is 10.9. The van der Waals surface area contributed by atoms with Crippen molar-refractivity contribution in [3.05, 3.63) is 59.5 Å². The third-order valence-corrected chi connectivity index (χ3v) is 5.20. The van der Waals surface area contributed by atoms with Gasteiger partial charge >= 0.3 is 0 Å². The molecule has 0 heterocycles. The summed E-state index contributed by atoms with van der Waals surface area (Å²) < 4.78 is 2.43. The first-order valence-corrected chi connectivity index (χ1v) is 8.23. The van der Waals surface area contributed by atoms with Crippen molar-refractivity contribution in [3.63, 3.8) is 0 Å². The summed E-state index contributed by atoms with van der Waals surface area (Å²) in [5.74, 6) is -0.173. The Labute approximate surface area is 146 Å². The van der Waals surface area contributed by atoms with Crippen molar-refractivity contribution in [1.82, 2.24) is 0 Å².